The lowest BCUT2D eigenvalue weighted by molar-refractivity contribution is -0.00617. The summed E-state index contributed by atoms with van der Waals surface area (Å²) in [6.45, 7) is 0. The first-order chi connectivity index (χ1) is 15.8. The minimum absolute atomic E-state index is 0.0981. The van der Waals surface area contributed by atoms with Crippen molar-refractivity contribution in [2.24, 2.45) is 17.8 Å². The number of ether oxygens (including phenoxy) is 1. The second-order valence-electron chi connectivity index (χ2n) is 10.3. The summed E-state index contributed by atoms with van der Waals surface area (Å²) in [5.74, 6) is 1.89. The molecule has 6 nitrogen and oxygen atoms in total. The van der Waals surface area contributed by atoms with Crippen molar-refractivity contribution in [1.82, 2.24) is 5.32 Å². The highest BCUT2D eigenvalue weighted by molar-refractivity contribution is 5.94. The van der Waals surface area contributed by atoms with Crippen molar-refractivity contribution in [1.29, 1.82) is 0 Å². The molecule has 4 aliphatic carbocycles. The summed E-state index contributed by atoms with van der Waals surface area (Å²) in [5.41, 5.74) is 2.71. The number of hydrogen-bond acceptors (Lipinski definition) is 4. The van der Waals surface area contributed by atoms with Crippen molar-refractivity contribution >= 4 is 11.9 Å². The van der Waals surface area contributed by atoms with Crippen LogP contribution in [0.3, 0.4) is 0 Å². The smallest absolute Gasteiger partial charge is 0.335 e. The average molecular weight is 450 g/mol. The van der Waals surface area contributed by atoms with Crippen LogP contribution in [0.25, 0.3) is 0 Å². The lowest BCUT2D eigenvalue weighted by Gasteiger charge is -2.57. The van der Waals surface area contributed by atoms with Gasteiger partial charge < -0.3 is 20.3 Å². The molecule has 2 aromatic carbocycles. The number of benzene rings is 2. The van der Waals surface area contributed by atoms with E-state index in [0.29, 0.717) is 5.56 Å². The number of carboxylic acids is 1. The topological polar surface area (TPSA) is 95.9 Å². The number of hydrogen-bond donors (Lipinski definition) is 3. The highest BCUT2D eigenvalue weighted by atomic mass is 16.5. The number of aliphatic hydroxyl groups excluding tert-OH is 1. The molecule has 1 atom stereocenters. The van der Waals surface area contributed by atoms with Gasteiger partial charge in [0.15, 0.2) is 0 Å². The van der Waals surface area contributed by atoms with Gasteiger partial charge in [0.1, 0.15) is 12.0 Å². The number of methoxy groups -OCH3 is 1. The maximum Gasteiger partial charge on any atom is 0.335 e. The van der Waals surface area contributed by atoms with Crippen molar-refractivity contribution < 1.29 is 24.5 Å². The van der Waals surface area contributed by atoms with E-state index >= 15 is 0 Å². The van der Waals surface area contributed by atoms with Crippen LogP contribution < -0.4 is 10.1 Å². The monoisotopic (exact) mass is 449 g/mol. The summed E-state index contributed by atoms with van der Waals surface area (Å²) in [6.07, 6.45) is 6.70. The fourth-order valence-electron chi connectivity index (χ4n) is 7.00. The van der Waals surface area contributed by atoms with Crippen molar-refractivity contribution in [2.45, 2.75) is 56.6 Å². The van der Waals surface area contributed by atoms with E-state index in [4.69, 9.17) is 9.84 Å². The summed E-state index contributed by atoms with van der Waals surface area (Å²) in [7, 11) is 1.69. The third-order valence-electron chi connectivity index (χ3n) is 8.00. The Hall–Kier alpha value is -2.86. The van der Waals surface area contributed by atoms with E-state index in [1.807, 2.05) is 12.1 Å². The van der Waals surface area contributed by atoms with Crippen LogP contribution in [0.4, 0.5) is 0 Å². The van der Waals surface area contributed by atoms with Crippen LogP contribution in [0.15, 0.2) is 42.5 Å². The molecular weight excluding hydrogens is 418 g/mol. The second kappa shape index (κ2) is 8.49. The first kappa shape index (κ1) is 22.0. The van der Waals surface area contributed by atoms with E-state index in [1.54, 1.807) is 25.3 Å². The minimum atomic E-state index is -1.07. The van der Waals surface area contributed by atoms with Gasteiger partial charge in [0.2, 0.25) is 0 Å². The quantitative estimate of drug-likeness (QED) is 0.552. The van der Waals surface area contributed by atoms with Gasteiger partial charge in [-0.2, -0.15) is 0 Å². The van der Waals surface area contributed by atoms with Crippen LogP contribution in [0, 0.1) is 17.8 Å². The zero-order valence-corrected chi connectivity index (χ0v) is 18.9. The standard InChI is InChI=1S/C27H31NO5/c1-33-23-7-6-21(12-22(23)27-13-17-8-18(14-27)10-19(9-17)15-27)25(30)28-24(29)11-16-2-4-20(5-3-16)26(31)32/h2-7,12,17-19,24,29H,8-11,13-15H2,1H3,(H,28,30)(H,31,32). The van der Waals surface area contributed by atoms with E-state index in [9.17, 15) is 14.7 Å². The van der Waals surface area contributed by atoms with E-state index in [-0.39, 0.29) is 23.3 Å². The van der Waals surface area contributed by atoms with Crippen LogP contribution in [0.2, 0.25) is 0 Å². The average Bonchev–Trinajstić information content (AvgIpc) is 2.78. The summed E-state index contributed by atoms with van der Waals surface area (Å²) < 4.78 is 5.73. The van der Waals surface area contributed by atoms with Gasteiger partial charge in [-0.05, 0) is 97.6 Å². The molecule has 1 amide bonds. The zero-order chi connectivity index (χ0) is 23.2. The van der Waals surface area contributed by atoms with Gasteiger partial charge in [0, 0.05) is 17.5 Å². The number of carboxylic acid groups (broad SMARTS) is 1. The van der Waals surface area contributed by atoms with Crippen molar-refractivity contribution in [3.8, 4) is 5.75 Å². The second-order valence-corrected chi connectivity index (χ2v) is 10.3. The Labute approximate surface area is 194 Å². The summed E-state index contributed by atoms with van der Waals surface area (Å²) in [5, 5.41) is 22.1. The van der Waals surface area contributed by atoms with Gasteiger partial charge in [-0.1, -0.05) is 12.1 Å². The van der Waals surface area contributed by atoms with Crippen LogP contribution in [-0.2, 0) is 11.8 Å². The van der Waals surface area contributed by atoms with Crippen molar-refractivity contribution in [2.75, 3.05) is 7.11 Å². The van der Waals surface area contributed by atoms with Crippen LogP contribution in [-0.4, -0.2) is 35.4 Å². The first-order valence-corrected chi connectivity index (χ1v) is 11.8. The number of aromatic carboxylic acids is 1. The lowest BCUT2D eigenvalue weighted by Crippen LogP contribution is -2.48. The van der Waals surface area contributed by atoms with Crippen molar-refractivity contribution in [3.05, 3.63) is 64.7 Å². The zero-order valence-electron chi connectivity index (χ0n) is 18.9. The van der Waals surface area contributed by atoms with Gasteiger partial charge in [-0.15, -0.1) is 0 Å². The Morgan fingerprint density at radius 1 is 1.00 bits per heavy atom. The Balaban J connectivity index is 1.32. The third kappa shape index (κ3) is 4.24. The molecule has 6 rings (SSSR count). The Kier molecular flexibility index (Phi) is 5.65. The normalized spacial score (nSPS) is 28.4. The molecule has 3 N–H and O–H groups in total. The van der Waals surface area contributed by atoms with E-state index in [2.05, 4.69) is 5.32 Å². The molecule has 2 aromatic rings. The molecule has 0 heterocycles. The number of amides is 1. The highest BCUT2D eigenvalue weighted by Gasteiger charge is 2.52. The SMILES string of the molecule is COc1ccc(C(=O)NC(O)Cc2ccc(C(=O)O)cc2)cc1C12CC3CC(CC(C3)C1)C2. The molecule has 4 bridgehead atoms. The molecular formula is C27H31NO5. The summed E-state index contributed by atoms with van der Waals surface area (Å²) in [6, 6.07) is 11.9. The molecule has 33 heavy (non-hydrogen) atoms. The number of carbonyl (C=O) groups is 2. The fourth-order valence-corrected chi connectivity index (χ4v) is 7.00. The van der Waals surface area contributed by atoms with Gasteiger partial charge in [-0.25, -0.2) is 4.79 Å². The van der Waals surface area contributed by atoms with Crippen LogP contribution in [0.5, 0.6) is 5.75 Å². The number of carbonyl (C=O) groups excluding carboxylic acids is 1. The molecule has 4 saturated carbocycles. The maximum absolute atomic E-state index is 13.0. The molecule has 0 saturated heterocycles. The van der Waals surface area contributed by atoms with Gasteiger partial charge in [0.05, 0.1) is 12.7 Å². The number of rotatable bonds is 7. The third-order valence-corrected chi connectivity index (χ3v) is 8.00. The Morgan fingerprint density at radius 2 is 1.58 bits per heavy atom. The van der Waals surface area contributed by atoms with E-state index in [1.165, 1.54) is 50.7 Å². The molecule has 4 aliphatic rings. The fraction of sp³-hybridized carbons (Fsp3) is 0.481. The molecule has 6 heteroatoms. The highest BCUT2D eigenvalue weighted by Crippen LogP contribution is 2.61. The maximum atomic E-state index is 13.0. The van der Waals surface area contributed by atoms with Gasteiger partial charge in [-0.3, -0.25) is 4.79 Å². The summed E-state index contributed by atoms with van der Waals surface area (Å²) in [4.78, 5) is 24.0. The summed E-state index contributed by atoms with van der Waals surface area (Å²) >= 11 is 0. The molecule has 0 spiro atoms. The Morgan fingerprint density at radius 3 is 2.12 bits per heavy atom. The number of aliphatic hydroxyl groups is 1. The molecule has 0 aromatic heterocycles. The predicted molar refractivity (Wildman–Crippen MR) is 123 cm³/mol. The van der Waals surface area contributed by atoms with Crippen LogP contribution >= 0.6 is 0 Å². The molecule has 0 radical (unpaired) electrons. The Bertz CT molecular complexity index is 1030. The largest absolute Gasteiger partial charge is 0.496 e. The van der Waals surface area contributed by atoms with Gasteiger partial charge in [0.25, 0.3) is 5.91 Å². The minimum Gasteiger partial charge on any atom is -0.496 e. The molecule has 0 aliphatic heterocycles. The lowest BCUT2D eigenvalue weighted by atomic mass is 9.48. The first-order valence-electron chi connectivity index (χ1n) is 11.8. The number of nitrogens with one attached hydrogen (secondary N) is 1. The molecule has 174 valence electrons. The van der Waals surface area contributed by atoms with E-state index < -0.39 is 12.2 Å². The van der Waals surface area contributed by atoms with Crippen molar-refractivity contribution in [3.63, 3.8) is 0 Å². The predicted octanol–water partition coefficient (Wildman–Crippen LogP) is 4.15. The van der Waals surface area contributed by atoms with E-state index in [0.717, 1.165) is 34.6 Å². The molecule has 4 fully saturated rings. The molecule has 1 unspecified atom stereocenters. The van der Waals surface area contributed by atoms with Crippen LogP contribution in [0.1, 0.15) is 70.4 Å². The van der Waals surface area contributed by atoms with Gasteiger partial charge >= 0.3 is 5.97 Å².